The normalized spacial score (nSPS) is 12.6. The van der Waals surface area contributed by atoms with Crippen molar-refractivity contribution in [3.63, 3.8) is 0 Å². The van der Waals surface area contributed by atoms with E-state index in [1.807, 2.05) is 26.0 Å². The lowest BCUT2D eigenvalue weighted by Gasteiger charge is -2.31. The van der Waals surface area contributed by atoms with Crippen LogP contribution in [0.25, 0.3) is 0 Å². The summed E-state index contributed by atoms with van der Waals surface area (Å²) in [6, 6.07) is 14.9. The summed E-state index contributed by atoms with van der Waals surface area (Å²) in [5.74, 6) is -0.192. The molecule has 2 aromatic heterocycles. The number of aromatic nitrogens is 3. The second kappa shape index (κ2) is 12.1. The molecule has 1 N–H and O–H groups in total. The molecule has 0 spiro atoms. The zero-order valence-electron chi connectivity index (χ0n) is 21.8. The van der Waals surface area contributed by atoms with Crippen LogP contribution in [-0.2, 0) is 16.1 Å². The molecule has 1 unspecified atom stereocenters. The van der Waals surface area contributed by atoms with Gasteiger partial charge in [-0.1, -0.05) is 30.0 Å². The Bertz CT molecular complexity index is 1500. The predicted molar refractivity (Wildman–Crippen MR) is 147 cm³/mol. The summed E-state index contributed by atoms with van der Waals surface area (Å²) in [6.07, 6.45) is 3.27. The molecule has 0 bridgehead atoms. The second-order valence-electron chi connectivity index (χ2n) is 9.12. The van der Waals surface area contributed by atoms with Crippen molar-refractivity contribution in [1.29, 1.82) is 0 Å². The first-order chi connectivity index (χ1) is 19.4. The first-order valence-electron chi connectivity index (χ1n) is 12.4. The number of hydrogen-bond donors (Lipinski definition) is 1. The molecule has 1 aliphatic rings. The Hall–Kier alpha value is -4.51. The van der Waals surface area contributed by atoms with E-state index in [4.69, 9.17) is 9.47 Å². The largest absolute Gasteiger partial charge is 0.454 e. The Labute approximate surface area is 234 Å². The first-order valence-corrected chi connectivity index (χ1v) is 13.4. The summed E-state index contributed by atoms with van der Waals surface area (Å²) in [5, 5.41) is 3.35. The minimum absolute atomic E-state index is 0.0157. The lowest BCUT2D eigenvalue weighted by atomic mass is 10.0. The molecule has 11 heteroatoms. The fraction of sp³-hybridized carbons (Fsp3) is 0.207. The molecule has 0 saturated carbocycles. The smallest absolute Gasteiger partial charge is 0.251 e. The summed E-state index contributed by atoms with van der Waals surface area (Å²) in [5.41, 5.74) is 3.23. The highest BCUT2D eigenvalue weighted by atomic mass is 32.2. The van der Waals surface area contributed by atoms with Crippen molar-refractivity contribution >= 4 is 29.3 Å². The average Bonchev–Trinajstić information content (AvgIpc) is 3.40. The maximum atomic E-state index is 13.9. The molecule has 0 saturated heterocycles. The second-order valence-corrected chi connectivity index (χ2v) is 10.1. The van der Waals surface area contributed by atoms with Crippen molar-refractivity contribution in [2.24, 2.45) is 0 Å². The number of nitrogens with one attached hydrogen (secondary N) is 1. The van der Waals surface area contributed by atoms with Crippen molar-refractivity contribution in [1.82, 2.24) is 19.9 Å². The SMILES string of the molecule is Cc1cc(C)nc(SCC(=O)N(Cc2cccnc2)C(C(=O)Nc2ccc3c(c2)OCO3)c2ccc(F)cc2)n1. The number of nitrogens with zero attached hydrogens (tertiary/aromatic N) is 4. The summed E-state index contributed by atoms with van der Waals surface area (Å²) in [7, 11) is 0. The molecular weight excluding hydrogens is 533 g/mol. The molecule has 5 rings (SSSR count). The molecule has 1 atom stereocenters. The monoisotopic (exact) mass is 559 g/mol. The molecular formula is C29H26FN5O4S. The molecule has 0 radical (unpaired) electrons. The molecule has 1 aliphatic heterocycles. The van der Waals surface area contributed by atoms with E-state index in [9.17, 15) is 14.0 Å². The molecule has 3 heterocycles. The fourth-order valence-corrected chi connectivity index (χ4v) is 5.12. The van der Waals surface area contributed by atoms with Gasteiger partial charge in [0.2, 0.25) is 12.7 Å². The van der Waals surface area contributed by atoms with Gasteiger partial charge in [-0.15, -0.1) is 0 Å². The van der Waals surface area contributed by atoms with Crippen LogP contribution in [0.2, 0.25) is 0 Å². The van der Waals surface area contributed by atoms with Crippen LogP contribution in [0.5, 0.6) is 11.5 Å². The van der Waals surface area contributed by atoms with E-state index in [0.29, 0.717) is 27.9 Å². The van der Waals surface area contributed by atoms with E-state index in [1.54, 1.807) is 36.7 Å². The number of benzene rings is 2. The highest BCUT2D eigenvalue weighted by Crippen LogP contribution is 2.35. The molecule has 0 aliphatic carbocycles. The zero-order valence-corrected chi connectivity index (χ0v) is 22.7. The number of amides is 2. The van der Waals surface area contributed by atoms with Crippen molar-refractivity contribution in [2.45, 2.75) is 31.6 Å². The third-order valence-electron chi connectivity index (χ3n) is 6.07. The Morgan fingerprint density at radius 1 is 1.02 bits per heavy atom. The molecule has 2 amide bonds. The van der Waals surface area contributed by atoms with Gasteiger partial charge in [0, 0.05) is 42.1 Å². The number of thioether (sulfide) groups is 1. The topological polar surface area (TPSA) is 107 Å². The number of aryl methyl sites for hydroxylation is 2. The van der Waals surface area contributed by atoms with Crippen LogP contribution >= 0.6 is 11.8 Å². The van der Waals surface area contributed by atoms with Gasteiger partial charge in [0.05, 0.1) is 5.75 Å². The Morgan fingerprint density at radius 2 is 1.77 bits per heavy atom. The molecule has 204 valence electrons. The van der Waals surface area contributed by atoms with Gasteiger partial charge in [-0.25, -0.2) is 14.4 Å². The third-order valence-corrected chi connectivity index (χ3v) is 6.90. The zero-order chi connectivity index (χ0) is 28.1. The lowest BCUT2D eigenvalue weighted by Crippen LogP contribution is -2.41. The van der Waals surface area contributed by atoms with E-state index in [1.165, 1.54) is 40.9 Å². The Kier molecular flexibility index (Phi) is 8.20. The Balaban J connectivity index is 1.47. The molecule has 40 heavy (non-hydrogen) atoms. The quantitative estimate of drug-likeness (QED) is 0.229. The van der Waals surface area contributed by atoms with E-state index in [0.717, 1.165) is 17.0 Å². The van der Waals surface area contributed by atoms with Gasteiger partial charge < -0.3 is 19.7 Å². The Morgan fingerprint density at radius 3 is 2.50 bits per heavy atom. The van der Waals surface area contributed by atoms with E-state index >= 15 is 0 Å². The van der Waals surface area contributed by atoms with E-state index in [-0.39, 0.29) is 25.0 Å². The van der Waals surface area contributed by atoms with Gasteiger partial charge >= 0.3 is 0 Å². The van der Waals surface area contributed by atoms with Crippen LogP contribution in [0.1, 0.15) is 28.6 Å². The lowest BCUT2D eigenvalue weighted by molar-refractivity contribution is -0.137. The minimum Gasteiger partial charge on any atom is -0.454 e. The van der Waals surface area contributed by atoms with Gasteiger partial charge in [-0.2, -0.15) is 0 Å². The number of rotatable bonds is 9. The molecule has 4 aromatic rings. The number of anilines is 1. The fourth-order valence-electron chi connectivity index (χ4n) is 4.28. The van der Waals surface area contributed by atoms with Crippen molar-refractivity contribution in [2.75, 3.05) is 17.9 Å². The van der Waals surface area contributed by atoms with Crippen LogP contribution in [0, 0.1) is 19.7 Å². The summed E-state index contributed by atoms with van der Waals surface area (Å²) in [4.78, 5) is 42.1. The van der Waals surface area contributed by atoms with Crippen molar-refractivity contribution in [3.8, 4) is 11.5 Å². The van der Waals surface area contributed by atoms with Gasteiger partial charge in [-0.3, -0.25) is 14.6 Å². The van der Waals surface area contributed by atoms with Gasteiger partial charge in [0.25, 0.3) is 5.91 Å². The van der Waals surface area contributed by atoms with Crippen LogP contribution in [0.15, 0.2) is 78.2 Å². The van der Waals surface area contributed by atoms with Gasteiger partial charge in [0.15, 0.2) is 16.7 Å². The standard InChI is InChI=1S/C29H26FN5O4S/c1-18-12-19(2)33-29(32-18)40-16-26(36)35(15-20-4-3-11-31-14-20)27(21-5-7-22(30)8-6-21)28(37)34-23-9-10-24-25(13-23)39-17-38-24/h3-14,27H,15-17H2,1-2H3,(H,34,37). The molecule has 9 nitrogen and oxygen atoms in total. The number of ether oxygens (including phenoxy) is 2. The highest BCUT2D eigenvalue weighted by Gasteiger charge is 2.32. The average molecular weight is 560 g/mol. The number of carbonyl (C=O) groups excluding carboxylic acids is 2. The molecule has 2 aromatic carbocycles. The predicted octanol–water partition coefficient (Wildman–Crippen LogP) is 4.86. The maximum Gasteiger partial charge on any atom is 0.251 e. The van der Waals surface area contributed by atoms with Crippen molar-refractivity contribution in [3.05, 3.63) is 101 Å². The van der Waals surface area contributed by atoms with Crippen LogP contribution < -0.4 is 14.8 Å². The third kappa shape index (κ3) is 6.55. The van der Waals surface area contributed by atoms with Gasteiger partial charge in [-0.05, 0) is 61.4 Å². The summed E-state index contributed by atoms with van der Waals surface area (Å²) in [6.45, 7) is 3.91. The van der Waals surface area contributed by atoms with Crippen LogP contribution in [0.4, 0.5) is 10.1 Å². The number of carbonyl (C=O) groups is 2. The number of fused-ring (bicyclic) bond motifs is 1. The molecule has 0 fully saturated rings. The van der Waals surface area contributed by atoms with Crippen LogP contribution in [-0.4, -0.2) is 44.2 Å². The van der Waals surface area contributed by atoms with E-state index < -0.39 is 17.8 Å². The number of halogens is 1. The maximum absolute atomic E-state index is 13.9. The minimum atomic E-state index is -1.08. The van der Waals surface area contributed by atoms with Crippen molar-refractivity contribution < 1.29 is 23.5 Å². The summed E-state index contributed by atoms with van der Waals surface area (Å²) < 4.78 is 24.7. The van der Waals surface area contributed by atoms with Crippen LogP contribution in [0.3, 0.4) is 0 Å². The number of hydrogen-bond acceptors (Lipinski definition) is 8. The number of pyridine rings is 1. The first kappa shape index (κ1) is 27.1. The summed E-state index contributed by atoms with van der Waals surface area (Å²) >= 11 is 1.19. The van der Waals surface area contributed by atoms with Gasteiger partial charge in [0.1, 0.15) is 11.9 Å². The van der Waals surface area contributed by atoms with E-state index in [2.05, 4.69) is 20.3 Å². The highest BCUT2D eigenvalue weighted by molar-refractivity contribution is 7.99.